The number of hydrogen-bond acceptors (Lipinski definition) is 4. The molecule has 2 aliphatic rings. The molecule has 1 saturated heterocycles. The van der Waals surface area contributed by atoms with Gasteiger partial charge in [0.2, 0.25) is 0 Å². The van der Waals surface area contributed by atoms with Crippen molar-refractivity contribution in [3.8, 4) is 0 Å². The van der Waals surface area contributed by atoms with Crippen molar-refractivity contribution in [3.05, 3.63) is 11.6 Å². The summed E-state index contributed by atoms with van der Waals surface area (Å²) in [7, 11) is 0. The smallest absolute Gasteiger partial charge is 0.185 e. The third kappa shape index (κ3) is 1.53. The van der Waals surface area contributed by atoms with E-state index in [1.165, 1.54) is 30.9 Å². The zero-order chi connectivity index (χ0) is 9.38. The first-order chi connectivity index (χ1) is 6.95. The van der Waals surface area contributed by atoms with Gasteiger partial charge in [0, 0.05) is 30.2 Å². The lowest BCUT2D eigenvalue weighted by Gasteiger charge is -2.27. The van der Waals surface area contributed by atoms with E-state index in [4.69, 9.17) is 0 Å². The van der Waals surface area contributed by atoms with Crippen molar-refractivity contribution in [2.24, 2.45) is 0 Å². The number of hydrogen-bond donors (Lipinski definition) is 1. The molecule has 0 aromatic carbocycles. The van der Waals surface area contributed by atoms with E-state index in [0.29, 0.717) is 6.04 Å². The number of aromatic nitrogens is 1. The molecule has 0 bridgehead atoms. The number of anilines is 1. The predicted octanol–water partition coefficient (Wildman–Crippen LogP) is 1.47. The van der Waals surface area contributed by atoms with Crippen LogP contribution in [0.25, 0.3) is 0 Å². The van der Waals surface area contributed by atoms with Crippen LogP contribution in [0.1, 0.15) is 19.3 Å². The lowest BCUT2D eigenvalue weighted by Crippen LogP contribution is -2.38. The van der Waals surface area contributed by atoms with E-state index in [1.54, 1.807) is 11.3 Å². The van der Waals surface area contributed by atoms with Crippen LogP contribution in [0.4, 0.5) is 5.13 Å². The first-order valence-corrected chi connectivity index (χ1v) is 6.21. The van der Waals surface area contributed by atoms with Crippen molar-refractivity contribution in [1.29, 1.82) is 0 Å². The maximum absolute atomic E-state index is 4.44. The van der Waals surface area contributed by atoms with Crippen LogP contribution in [0.15, 0.2) is 11.6 Å². The summed E-state index contributed by atoms with van der Waals surface area (Å²) in [5, 5.41) is 6.73. The average Bonchev–Trinajstić information content (AvgIpc) is 2.72. The van der Waals surface area contributed by atoms with Gasteiger partial charge in [-0.15, -0.1) is 11.3 Å². The molecule has 2 heterocycles. The van der Waals surface area contributed by atoms with E-state index in [9.17, 15) is 0 Å². The van der Waals surface area contributed by atoms with Gasteiger partial charge in [-0.3, -0.25) is 0 Å². The van der Waals surface area contributed by atoms with Gasteiger partial charge in [0.15, 0.2) is 5.13 Å². The molecule has 14 heavy (non-hydrogen) atoms. The normalized spacial score (nSPS) is 26.7. The van der Waals surface area contributed by atoms with Crippen molar-refractivity contribution >= 4 is 16.5 Å². The molecule has 3 rings (SSSR count). The minimum Gasteiger partial charge on any atom is -0.341 e. The molecule has 1 aromatic heterocycles. The van der Waals surface area contributed by atoms with Crippen LogP contribution in [0.3, 0.4) is 0 Å². The zero-order valence-corrected chi connectivity index (χ0v) is 8.96. The highest BCUT2D eigenvalue weighted by molar-refractivity contribution is 7.13. The molecule has 1 saturated carbocycles. The number of thiazole rings is 1. The van der Waals surface area contributed by atoms with Crippen LogP contribution in [-0.2, 0) is 0 Å². The number of nitrogens with zero attached hydrogens (tertiary/aromatic N) is 2. The minimum absolute atomic E-state index is 0.689. The molecule has 0 spiro atoms. The molecule has 1 aromatic rings. The van der Waals surface area contributed by atoms with Crippen LogP contribution in [0.2, 0.25) is 0 Å². The van der Waals surface area contributed by atoms with E-state index in [-0.39, 0.29) is 0 Å². The quantitative estimate of drug-likeness (QED) is 0.817. The molecule has 1 atom stereocenters. The van der Waals surface area contributed by atoms with Crippen LogP contribution < -0.4 is 10.2 Å². The SMILES string of the molecule is c1csc(N(C2CC2)C2CCNC2)n1. The highest BCUT2D eigenvalue weighted by atomic mass is 32.1. The van der Waals surface area contributed by atoms with Gasteiger partial charge >= 0.3 is 0 Å². The third-order valence-corrected chi connectivity index (χ3v) is 3.79. The van der Waals surface area contributed by atoms with Crippen LogP contribution in [0, 0.1) is 0 Å². The molecule has 1 aliphatic carbocycles. The highest BCUT2D eigenvalue weighted by Crippen LogP contribution is 2.35. The second-order valence-corrected chi connectivity index (χ2v) is 4.97. The number of nitrogens with one attached hydrogen (secondary N) is 1. The molecule has 3 nitrogen and oxygen atoms in total. The van der Waals surface area contributed by atoms with Crippen molar-refractivity contribution in [2.45, 2.75) is 31.3 Å². The van der Waals surface area contributed by atoms with Crippen LogP contribution in [-0.4, -0.2) is 30.2 Å². The summed E-state index contributed by atoms with van der Waals surface area (Å²) < 4.78 is 0. The molecule has 2 fully saturated rings. The fourth-order valence-corrected chi connectivity index (χ4v) is 2.97. The summed E-state index contributed by atoms with van der Waals surface area (Å²) in [5.41, 5.74) is 0. The lowest BCUT2D eigenvalue weighted by molar-refractivity contribution is 0.627. The maximum atomic E-state index is 4.44. The second-order valence-electron chi connectivity index (χ2n) is 4.10. The fourth-order valence-electron chi connectivity index (χ4n) is 2.18. The van der Waals surface area contributed by atoms with Gasteiger partial charge in [0.25, 0.3) is 0 Å². The third-order valence-electron chi connectivity index (χ3n) is 3.01. The predicted molar refractivity (Wildman–Crippen MR) is 58.9 cm³/mol. The summed E-state index contributed by atoms with van der Waals surface area (Å²) in [5.74, 6) is 0. The number of rotatable bonds is 3. The summed E-state index contributed by atoms with van der Waals surface area (Å²) in [4.78, 5) is 6.99. The Kier molecular flexibility index (Phi) is 2.18. The van der Waals surface area contributed by atoms with Crippen LogP contribution >= 0.6 is 11.3 Å². The molecule has 4 heteroatoms. The van der Waals surface area contributed by atoms with Gasteiger partial charge in [-0.1, -0.05) is 0 Å². The van der Waals surface area contributed by atoms with E-state index < -0.39 is 0 Å². The minimum atomic E-state index is 0.689. The van der Waals surface area contributed by atoms with Gasteiger partial charge < -0.3 is 10.2 Å². The molecule has 1 unspecified atom stereocenters. The Morgan fingerprint density at radius 2 is 2.29 bits per heavy atom. The van der Waals surface area contributed by atoms with E-state index in [1.807, 2.05) is 6.20 Å². The topological polar surface area (TPSA) is 28.2 Å². The molecule has 0 amide bonds. The van der Waals surface area contributed by atoms with Gasteiger partial charge in [-0.25, -0.2) is 4.98 Å². The van der Waals surface area contributed by atoms with Gasteiger partial charge in [-0.05, 0) is 25.8 Å². The first-order valence-electron chi connectivity index (χ1n) is 5.34. The Morgan fingerprint density at radius 3 is 2.86 bits per heavy atom. The fraction of sp³-hybridized carbons (Fsp3) is 0.700. The van der Waals surface area contributed by atoms with E-state index >= 15 is 0 Å². The molecule has 76 valence electrons. The van der Waals surface area contributed by atoms with Crippen molar-refractivity contribution in [3.63, 3.8) is 0 Å². The molecular formula is C10H15N3S. The average molecular weight is 209 g/mol. The molecule has 0 radical (unpaired) electrons. The van der Waals surface area contributed by atoms with Crippen LogP contribution in [0.5, 0.6) is 0 Å². The Hall–Kier alpha value is -0.610. The monoisotopic (exact) mass is 209 g/mol. The molecule has 1 N–H and O–H groups in total. The standard InChI is InChI=1S/C10H15N3S/c1-2-8(1)13(9-3-4-11-7-9)10-12-5-6-14-10/h5-6,8-9,11H,1-4,7H2. The molecule has 1 aliphatic heterocycles. The summed E-state index contributed by atoms with van der Waals surface area (Å²) in [6, 6.07) is 1.47. The summed E-state index contributed by atoms with van der Waals surface area (Å²) in [6.45, 7) is 2.30. The van der Waals surface area contributed by atoms with Crippen molar-refractivity contribution in [1.82, 2.24) is 10.3 Å². The molecular weight excluding hydrogens is 194 g/mol. The van der Waals surface area contributed by atoms with Crippen molar-refractivity contribution in [2.75, 3.05) is 18.0 Å². The second kappa shape index (κ2) is 3.51. The Labute approximate surface area is 88.1 Å². The van der Waals surface area contributed by atoms with E-state index in [0.717, 1.165) is 12.6 Å². The largest absolute Gasteiger partial charge is 0.341 e. The van der Waals surface area contributed by atoms with Gasteiger partial charge in [0.1, 0.15) is 0 Å². The van der Waals surface area contributed by atoms with E-state index in [2.05, 4.69) is 20.6 Å². The first kappa shape index (κ1) is 8.68. The zero-order valence-electron chi connectivity index (χ0n) is 8.15. The lowest BCUT2D eigenvalue weighted by atomic mass is 10.2. The Balaban J connectivity index is 1.81. The Morgan fingerprint density at radius 1 is 1.36 bits per heavy atom. The van der Waals surface area contributed by atoms with Gasteiger partial charge in [-0.2, -0.15) is 0 Å². The van der Waals surface area contributed by atoms with Crippen molar-refractivity contribution < 1.29 is 0 Å². The summed E-state index contributed by atoms with van der Waals surface area (Å²) >= 11 is 1.77. The Bertz CT molecular complexity index is 288. The maximum Gasteiger partial charge on any atom is 0.185 e. The summed E-state index contributed by atoms with van der Waals surface area (Å²) in [6.07, 6.45) is 5.90. The van der Waals surface area contributed by atoms with Gasteiger partial charge in [0.05, 0.1) is 0 Å². The highest BCUT2D eigenvalue weighted by Gasteiger charge is 2.36.